The predicted molar refractivity (Wildman–Crippen MR) is 44.5 cm³/mol. The van der Waals surface area contributed by atoms with Crippen LogP contribution in [0.2, 0.25) is 0 Å². The van der Waals surface area contributed by atoms with Crippen molar-refractivity contribution < 1.29 is 0 Å². The lowest BCUT2D eigenvalue weighted by Gasteiger charge is -1.91. The zero-order chi connectivity index (χ0) is 6.24. The molecular weight excluding hydrogens is 136 g/mol. The van der Waals surface area contributed by atoms with E-state index in [0.29, 0.717) is 0 Å². The first-order valence-corrected chi connectivity index (χ1v) is 4.97. The van der Waals surface area contributed by atoms with Gasteiger partial charge >= 0.3 is 0 Å². The lowest BCUT2D eigenvalue weighted by Crippen LogP contribution is -1.82. The Morgan fingerprint density at radius 2 is 2.25 bits per heavy atom. The van der Waals surface area contributed by atoms with Crippen LogP contribution >= 0.6 is 23.5 Å². The van der Waals surface area contributed by atoms with Gasteiger partial charge in [0.15, 0.2) is 0 Å². The van der Waals surface area contributed by atoms with E-state index in [1.165, 1.54) is 11.5 Å². The molecule has 0 aliphatic carbocycles. The molecule has 0 saturated carbocycles. The molecule has 0 aromatic carbocycles. The molecule has 0 rings (SSSR count). The van der Waals surface area contributed by atoms with Crippen LogP contribution in [0, 0.1) is 12.3 Å². The molecule has 0 spiro atoms. The van der Waals surface area contributed by atoms with Crippen LogP contribution in [-0.4, -0.2) is 23.5 Å². The Balaban J connectivity index is 2.65. The number of terminal acetylenes is 1. The smallest absolute Gasteiger partial charge is 0.0545 e. The number of thioether (sulfide) groups is 2. The monoisotopic (exact) mass is 146 g/mol. The molecule has 8 heavy (non-hydrogen) atoms. The molecule has 0 atom stereocenters. The highest BCUT2D eigenvalue weighted by atomic mass is 32.2. The summed E-state index contributed by atoms with van der Waals surface area (Å²) in [4.78, 5) is 0. The minimum Gasteiger partial charge on any atom is -0.165 e. The van der Waals surface area contributed by atoms with E-state index in [1.54, 1.807) is 0 Å². The van der Waals surface area contributed by atoms with Crippen LogP contribution in [0.5, 0.6) is 0 Å². The zero-order valence-electron chi connectivity index (χ0n) is 5.02. The maximum Gasteiger partial charge on any atom is 0.0545 e. The third kappa shape index (κ3) is 6.26. The zero-order valence-corrected chi connectivity index (χ0v) is 6.65. The molecule has 2 heteroatoms. The Kier molecular flexibility index (Phi) is 7.50. The lowest BCUT2D eigenvalue weighted by atomic mass is 10.8. The largest absolute Gasteiger partial charge is 0.165 e. The van der Waals surface area contributed by atoms with Crippen molar-refractivity contribution in [3.05, 3.63) is 0 Å². The minimum atomic E-state index is 0.862. The first-order valence-electron chi connectivity index (χ1n) is 2.42. The predicted octanol–water partition coefficient (Wildman–Crippen LogP) is 1.72. The van der Waals surface area contributed by atoms with E-state index in [-0.39, 0.29) is 0 Å². The van der Waals surface area contributed by atoms with Crippen molar-refractivity contribution in [1.29, 1.82) is 0 Å². The van der Waals surface area contributed by atoms with Gasteiger partial charge in [0.2, 0.25) is 0 Å². The maximum absolute atomic E-state index is 5.03. The molecule has 0 nitrogen and oxygen atoms in total. The average molecular weight is 146 g/mol. The first-order chi connectivity index (χ1) is 3.91. The topological polar surface area (TPSA) is 0 Å². The number of hydrogen-bond donors (Lipinski definition) is 0. The second-order valence-corrected chi connectivity index (χ2v) is 3.34. The second-order valence-electron chi connectivity index (χ2n) is 1.25. The molecule has 0 radical (unpaired) electrons. The normalized spacial score (nSPS) is 8.50. The first kappa shape index (κ1) is 8.26. The van der Waals surface area contributed by atoms with Crippen molar-refractivity contribution >= 4 is 23.5 Å². The summed E-state index contributed by atoms with van der Waals surface area (Å²) < 4.78 is 0. The third-order valence-electron chi connectivity index (χ3n) is 0.617. The highest BCUT2D eigenvalue weighted by molar-refractivity contribution is 8.02. The Hall–Kier alpha value is 0.260. The molecule has 0 aromatic heterocycles. The highest BCUT2D eigenvalue weighted by Gasteiger charge is 1.81. The fraction of sp³-hybridized carbons (Fsp3) is 0.667. The Morgan fingerprint density at radius 1 is 1.50 bits per heavy atom. The van der Waals surface area contributed by atoms with Crippen molar-refractivity contribution in [2.45, 2.75) is 0 Å². The fourth-order valence-electron chi connectivity index (χ4n) is 0.273. The van der Waals surface area contributed by atoms with Gasteiger partial charge in [-0.1, -0.05) is 5.92 Å². The van der Waals surface area contributed by atoms with Gasteiger partial charge in [0, 0.05) is 11.5 Å². The standard InChI is InChI=1S/C6H10S2/c1-3-4-8-6-5-7-2/h1H,4-6H2,2H3. The van der Waals surface area contributed by atoms with Gasteiger partial charge in [-0.25, -0.2) is 0 Å². The second kappa shape index (κ2) is 7.26. The van der Waals surface area contributed by atoms with Crippen LogP contribution < -0.4 is 0 Å². The molecular formula is C6H10S2. The van der Waals surface area contributed by atoms with Gasteiger partial charge in [-0.3, -0.25) is 0 Å². The van der Waals surface area contributed by atoms with Crippen molar-refractivity contribution in [2.24, 2.45) is 0 Å². The summed E-state index contributed by atoms with van der Waals surface area (Å²) in [7, 11) is 0. The fourth-order valence-corrected chi connectivity index (χ4v) is 1.67. The summed E-state index contributed by atoms with van der Waals surface area (Å²) in [5.41, 5.74) is 0. The SMILES string of the molecule is C#CCSCCSC. The van der Waals surface area contributed by atoms with Crippen LogP contribution in [-0.2, 0) is 0 Å². The molecule has 0 saturated heterocycles. The van der Waals surface area contributed by atoms with E-state index in [9.17, 15) is 0 Å². The van der Waals surface area contributed by atoms with Gasteiger partial charge in [-0.2, -0.15) is 11.8 Å². The quantitative estimate of drug-likeness (QED) is 0.437. The van der Waals surface area contributed by atoms with Gasteiger partial charge < -0.3 is 0 Å². The van der Waals surface area contributed by atoms with E-state index < -0.39 is 0 Å². The Labute approximate surface area is 59.8 Å². The highest BCUT2D eigenvalue weighted by Crippen LogP contribution is 2.01. The molecule has 0 heterocycles. The summed E-state index contributed by atoms with van der Waals surface area (Å²) in [6.07, 6.45) is 7.14. The van der Waals surface area contributed by atoms with Gasteiger partial charge in [0.05, 0.1) is 5.75 Å². The Bertz CT molecular complexity index is 73.1. The minimum absolute atomic E-state index is 0.862. The van der Waals surface area contributed by atoms with E-state index in [1.807, 2.05) is 23.5 Å². The van der Waals surface area contributed by atoms with Crippen LogP contribution in [0.1, 0.15) is 0 Å². The van der Waals surface area contributed by atoms with Crippen molar-refractivity contribution in [2.75, 3.05) is 23.5 Å². The summed E-state index contributed by atoms with van der Waals surface area (Å²) >= 11 is 3.68. The molecule has 0 bridgehead atoms. The van der Waals surface area contributed by atoms with Crippen LogP contribution in [0.4, 0.5) is 0 Å². The van der Waals surface area contributed by atoms with Crippen LogP contribution in [0.3, 0.4) is 0 Å². The van der Waals surface area contributed by atoms with Gasteiger partial charge in [-0.15, -0.1) is 18.2 Å². The summed E-state index contributed by atoms with van der Waals surface area (Å²) in [5.74, 6) is 5.84. The van der Waals surface area contributed by atoms with Gasteiger partial charge in [0.1, 0.15) is 0 Å². The third-order valence-corrected chi connectivity index (χ3v) is 2.35. The van der Waals surface area contributed by atoms with Gasteiger partial charge in [-0.05, 0) is 6.26 Å². The summed E-state index contributed by atoms with van der Waals surface area (Å²) in [6, 6.07) is 0. The molecule has 0 aliphatic heterocycles. The molecule has 0 fully saturated rings. The molecule has 0 aliphatic rings. The molecule has 0 N–H and O–H groups in total. The molecule has 46 valence electrons. The molecule has 0 aromatic rings. The molecule has 0 unspecified atom stereocenters. The number of rotatable bonds is 4. The molecule has 0 amide bonds. The lowest BCUT2D eigenvalue weighted by molar-refractivity contribution is 1.55. The van der Waals surface area contributed by atoms with E-state index >= 15 is 0 Å². The van der Waals surface area contributed by atoms with Crippen LogP contribution in [0.25, 0.3) is 0 Å². The van der Waals surface area contributed by atoms with Gasteiger partial charge in [0.25, 0.3) is 0 Å². The number of hydrogen-bond acceptors (Lipinski definition) is 2. The summed E-state index contributed by atoms with van der Waals surface area (Å²) in [6.45, 7) is 0. The van der Waals surface area contributed by atoms with E-state index in [0.717, 1.165) is 5.75 Å². The van der Waals surface area contributed by atoms with Crippen molar-refractivity contribution in [3.63, 3.8) is 0 Å². The van der Waals surface area contributed by atoms with E-state index in [4.69, 9.17) is 6.42 Å². The van der Waals surface area contributed by atoms with Crippen molar-refractivity contribution in [3.8, 4) is 12.3 Å². The van der Waals surface area contributed by atoms with Crippen molar-refractivity contribution in [1.82, 2.24) is 0 Å². The average Bonchev–Trinajstić information content (AvgIpc) is 1.81. The summed E-state index contributed by atoms with van der Waals surface area (Å²) in [5, 5.41) is 0. The maximum atomic E-state index is 5.03. The van der Waals surface area contributed by atoms with Crippen LogP contribution in [0.15, 0.2) is 0 Å². The Morgan fingerprint density at radius 3 is 2.75 bits per heavy atom. The van der Waals surface area contributed by atoms with E-state index in [2.05, 4.69) is 12.2 Å².